The molecule has 2 N–H and O–H groups in total. The number of amides is 2. The van der Waals surface area contributed by atoms with Gasteiger partial charge in [0.15, 0.2) is 11.6 Å². The first-order valence-electron chi connectivity index (χ1n) is 15.4. The Kier molecular flexibility index (Phi) is 9.51. The molecule has 6 aromatic rings. The summed E-state index contributed by atoms with van der Waals surface area (Å²) in [5, 5.41) is 4.50. The molecule has 272 valence electrons. The van der Waals surface area contributed by atoms with Crippen LogP contribution in [0.25, 0.3) is 43.9 Å². The summed E-state index contributed by atoms with van der Waals surface area (Å²) in [6.45, 7) is 0. The summed E-state index contributed by atoms with van der Waals surface area (Å²) in [4.78, 5) is 76.3. The average molecular weight is 741 g/mol. The second-order valence-electron chi connectivity index (χ2n) is 11.7. The molecule has 0 saturated heterocycles. The van der Waals surface area contributed by atoms with Crippen LogP contribution in [0, 0.1) is 0 Å². The molecule has 0 aliphatic heterocycles. The molecule has 6 rings (SSSR count). The fourth-order valence-electron chi connectivity index (χ4n) is 5.51. The van der Waals surface area contributed by atoms with E-state index in [1.54, 1.807) is 48.5 Å². The van der Waals surface area contributed by atoms with Crippen molar-refractivity contribution < 1.29 is 68.7 Å². The number of para-hydroxylation sites is 2. The van der Waals surface area contributed by atoms with Gasteiger partial charge in [-0.05, 0) is 48.5 Å². The minimum absolute atomic E-state index is 0.155. The van der Waals surface area contributed by atoms with Gasteiger partial charge in [0.1, 0.15) is 34.4 Å². The van der Waals surface area contributed by atoms with Gasteiger partial charge in [0.25, 0.3) is 0 Å². The van der Waals surface area contributed by atoms with Crippen molar-refractivity contribution in [2.24, 2.45) is 0 Å². The molecule has 17 heteroatoms. The molecule has 0 aliphatic rings. The van der Waals surface area contributed by atoms with Crippen molar-refractivity contribution in [3.63, 3.8) is 0 Å². The number of rotatable bonds is 10. The van der Waals surface area contributed by atoms with E-state index in [2.05, 4.69) is 4.74 Å². The molecule has 0 saturated carbocycles. The number of hydrogen-bond acceptors (Lipinski definition) is 9. The first-order chi connectivity index (χ1) is 25.0. The number of fused-ring (bicyclic) bond motifs is 6. The Morgan fingerprint density at radius 2 is 0.887 bits per heavy atom. The summed E-state index contributed by atoms with van der Waals surface area (Å²) in [6, 6.07) is 16.2. The number of esters is 2. The smallest absolute Gasteiger partial charge is 0.456 e. The van der Waals surface area contributed by atoms with Crippen LogP contribution in [-0.4, -0.2) is 59.8 Å². The van der Waals surface area contributed by atoms with Crippen molar-refractivity contribution in [2.45, 2.75) is 37.3 Å². The van der Waals surface area contributed by atoms with Crippen LogP contribution in [0.1, 0.15) is 33.6 Å². The summed E-state index contributed by atoms with van der Waals surface area (Å²) in [7, 11) is 0. The Morgan fingerprint density at radius 3 is 1.26 bits per heavy atom. The molecule has 0 fully saturated rings. The fraction of sp³-hybridized carbons (Fsp3) is 0.167. The van der Waals surface area contributed by atoms with Crippen molar-refractivity contribution in [2.75, 3.05) is 0 Å². The van der Waals surface area contributed by atoms with Crippen LogP contribution in [0.5, 0.6) is 0 Å². The van der Waals surface area contributed by atoms with Gasteiger partial charge < -0.3 is 24.2 Å². The van der Waals surface area contributed by atoms with Gasteiger partial charge in [-0.3, -0.25) is 19.2 Å². The highest BCUT2D eigenvalue weighted by Gasteiger charge is 2.44. The number of ether oxygens (including phenoxy) is 1. The molecule has 2 amide bonds. The Bertz CT molecular complexity index is 2290. The van der Waals surface area contributed by atoms with E-state index in [0.717, 1.165) is 0 Å². The summed E-state index contributed by atoms with van der Waals surface area (Å²) in [6.07, 6.45) is -13.6. The summed E-state index contributed by atoms with van der Waals surface area (Å²) in [5.74, 6) is -11.5. The van der Waals surface area contributed by atoms with Gasteiger partial charge in [-0.15, -0.1) is 0 Å². The van der Waals surface area contributed by atoms with Crippen molar-refractivity contribution in [1.82, 2.24) is 10.6 Å². The van der Waals surface area contributed by atoms with E-state index in [1.165, 1.54) is 47.0 Å². The van der Waals surface area contributed by atoms with Crippen LogP contribution in [0.2, 0.25) is 0 Å². The molecule has 0 radical (unpaired) electrons. The zero-order chi connectivity index (χ0) is 38.2. The second kappa shape index (κ2) is 13.9. The Morgan fingerprint density at radius 1 is 0.528 bits per heavy atom. The lowest BCUT2D eigenvalue weighted by Gasteiger charge is -2.20. The van der Waals surface area contributed by atoms with Crippen LogP contribution < -0.4 is 10.6 Å². The van der Waals surface area contributed by atoms with E-state index in [-0.39, 0.29) is 11.1 Å². The highest BCUT2D eigenvalue weighted by molar-refractivity contribution is 6.11. The normalized spacial score (nSPS) is 13.2. The summed E-state index contributed by atoms with van der Waals surface area (Å²) >= 11 is 0. The van der Waals surface area contributed by atoms with Gasteiger partial charge in [-0.2, -0.15) is 26.3 Å². The number of nitrogens with one attached hydrogen (secondary N) is 2. The standard InChI is InChI=1S/C36H22F6N2O9/c37-35(38,39)33(49)43-23(15-25(45)17-9-11-29-21(13-17)19-5-1-3-7-27(19)51-29)31(47)53-32(48)24(44-34(50)36(40,41)42)16-26(46)18-10-12-30-22(14-18)20-6-2-4-8-28(20)52-30/h1-14,23-24H,15-16H2,(H,43,49)(H,44,50). The quantitative estimate of drug-likeness (QED) is 0.0692. The molecule has 0 aliphatic carbocycles. The number of benzene rings is 4. The van der Waals surface area contributed by atoms with E-state index in [9.17, 15) is 55.1 Å². The van der Waals surface area contributed by atoms with Crippen molar-refractivity contribution in [3.8, 4) is 0 Å². The third-order valence-corrected chi connectivity index (χ3v) is 8.07. The number of furan rings is 2. The van der Waals surface area contributed by atoms with E-state index in [0.29, 0.717) is 43.9 Å². The first-order valence-corrected chi connectivity index (χ1v) is 15.4. The number of hydrogen-bond donors (Lipinski definition) is 2. The van der Waals surface area contributed by atoms with E-state index in [1.807, 2.05) is 0 Å². The van der Waals surface area contributed by atoms with E-state index in [4.69, 9.17) is 8.83 Å². The third kappa shape index (κ3) is 7.73. The van der Waals surface area contributed by atoms with Crippen molar-refractivity contribution >= 4 is 79.2 Å². The molecule has 53 heavy (non-hydrogen) atoms. The zero-order valence-electron chi connectivity index (χ0n) is 26.6. The van der Waals surface area contributed by atoms with Gasteiger partial charge in [0.05, 0.1) is 0 Å². The first kappa shape index (κ1) is 36.3. The van der Waals surface area contributed by atoms with Crippen LogP contribution in [-0.2, 0) is 23.9 Å². The highest BCUT2D eigenvalue weighted by atomic mass is 19.4. The largest absolute Gasteiger partial charge is 0.471 e. The van der Waals surface area contributed by atoms with E-state index >= 15 is 0 Å². The van der Waals surface area contributed by atoms with Crippen LogP contribution in [0.3, 0.4) is 0 Å². The molecule has 2 heterocycles. The minimum Gasteiger partial charge on any atom is -0.456 e. The van der Waals surface area contributed by atoms with Gasteiger partial charge in [-0.25, -0.2) is 9.59 Å². The summed E-state index contributed by atoms with van der Waals surface area (Å²) in [5.41, 5.74) is 1.27. The van der Waals surface area contributed by atoms with Crippen LogP contribution in [0.15, 0.2) is 93.8 Å². The monoisotopic (exact) mass is 740 g/mol. The topological polar surface area (TPSA) is 162 Å². The molecule has 0 bridgehead atoms. The molecular weight excluding hydrogens is 718 g/mol. The second-order valence-corrected chi connectivity index (χ2v) is 11.7. The van der Waals surface area contributed by atoms with Crippen molar-refractivity contribution in [1.29, 1.82) is 0 Å². The predicted molar refractivity (Wildman–Crippen MR) is 172 cm³/mol. The SMILES string of the molecule is O=C(CC(NC(=O)C(F)(F)F)C(=O)OC(=O)C(CC(=O)c1ccc2oc3ccccc3c2c1)NC(=O)C(F)(F)F)c1ccc2oc3ccccc3c2c1. The Balaban J connectivity index is 1.25. The van der Waals surface area contributed by atoms with E-state index < -0.39 is 72.6 Å². The zero-order valence-corrected chi connectivity index (χ0v) is 26.6. The number of carbonyl (C=O) groups is 6. The van der Waals surface area contributed by atoms with Gasteiger partial charge in [0, 0.05) is 45.5 Å². The Labute approximate surface area is 291 Å². The number of alkyl halides is 6. The maximum Gasteiger partial charge on any atom is 0.471 e. The molecule has 2 atom stereocenters. The fourth-order valence-corrected chi connectivity index (χ4v) is 5.51. The van der Waals surface area contributed by atoms with Gasteiger partial charge in [0.2, 0.25) is 0 Å². The number of carbonyl (C=O) groups excluding carboxylic acids is 6. The molecule has 11 nitrogen and oxygen atoms in total. The number of ketones is 2. The van der Waals surface area contributed by atoms with Crippen LogP contribution in [0.4, 0.5) is 26.3 Å². The van der Waals surface area contributed by atoms with Gasteiger partial charge in [-0.1, -0.05) is 36.4 Å². The number of Topliss-reactive ketones (excluding diaryl/α,β-unsaturated/α-hetero) is 2. The highest BCUT2D eigenvalue weighted by Crippen LogP contribution is 2.31. The molecule has 2 unspecified atom stereocenters. The molecular formula is C36H22F6N2O9. The lowest BCUT2D eigenvalue weighted by atomic mass is 10.0. The average Bonchev–Trinajstić information content (AvgIpc) is 3.67. The maximum atomic E-state index is 13.2. The van der Waals surface area contributed by atoms with Crippen molar-refractivity contribution in [3.05, 3.63) is 96.1 Å². The Hall–Kier alpha value is -6.52. The van der Waals surface area contributed by atoms with Crippen LogP contribution >= 0.6 is 0 Å². The molecule has 0 spiro atoms. The third-order valence-electron chi connectivity index (χ3n) is 8.07. The molecule has 4 aromatic carbocycles. The predicted octanol–water partition coefficient (Wildman–Crippen LogP) is 6.50. The lowest BCUT2D eigenvalue weighted by molar-refractivity contribution is -0.178. The molecule has 2 aromatic heterocycles. The minimum atomic E-state index is -5.59. The lowest BCUT2D eigenvalue weighted by Crippen LogP contribution is -2.52. The number of halogens is 6. The van der Waals surface area contributed by atoms with Gasteiger partial charge >= 0.3 is 36.1 Å². The maximum absolute atomic E-state index is 13.2. The summed E-state index contributed by atoms with van der Waals surface area (Å²) < 4.78 is 95.1.